The number of sulfone groups is 1. The molecule has 0 saturated carbocycles. The number of carbonyl (C=O) groups excluding carboxylic acids is 3. The van der Waals surface area contributed by atoms with E-state index in [0.717, 1.165) is 6.41 Å². The fraction of sp³-hybridized carbons (Fsp3) is 0.529. The minimum Gasteiger partial charge on any atom is -0.342 e. The van der Waals surface area contributed by atoms with Crippen LogP contribution >= 0.6 is 0 Å². The van der Waals surface area contributed by atoms with E-state index in [4.69, 9.17) is 0 Å². The molecular formula is C17H22N4O5S. The highest BCUT2D eigenvalue weighted by atomic mass is 32.2. The first-order valence-electron chi connectivity index (χ1n) is 8.73. The first kappa shape index (κ1) is 19.3. The highest BCUT2D eigenvalue weighted by Gasteiger charge is 2.33. The molecule has 0 aliphatic carbocycles. The second kappa shape index (κ2) is 7.63. The molecule has 1 atom stereocenters. The van der Waals surface area contributed by atoms with Gasteiger partial charge in [0.2, 0.25) is 6.41 Å². The van der Waals surface area contributed by atoms with Crippen molar-refractivity contribution in [3.8, 4) is 0 Å². The van der Waals surface area contributed by atoms with Crippen LogP contribution in [-0.4, -0.2) is 97.1 Å². The lowest BCUT2D eigenvalue weighted by Gasteiger charge is -2.32. The molecule has 2 saturated heterocycles. The normalized spacial score (nSPS) is 21.7. The molecule has 1 unspecified atom stereocenters. The van der Waals surface area contributed by atoms with Crippen LogP contribution in [0.15, 0.2) is 18.3 Å². The van der Waals surface area contributed by atoms with E-state index >= 15 is 0 Å². The number of nitrogens with zero attached hydrogens (tertiary/aromatic N) is 4. The van der Waals surface area contributed by atoms with Crippen molar-refractivity contribution in [2.45, 2.75) is 12.5 Å². The minimum absolute atomic E-state index is 0.0468. The maximum Gasteiger partial charge on any atom is 0.272 e. The third kappa shape index (κ3) is 4.26. The van der Waals surface area contributed by atoms with Crippen molar-refractivity contribution in [3.63, 3.8) is 0 Å². The highest BCUT2D eigenvalue weighted by Crippen LogP contribution is 2.18. The van der Waals surface area contributed by atoms with E-state index in [1.165, 1.54) is 17.2 Å². The molecule has 0 aromatic carbocycles. The molecule has 27 heavy (non-hydrogen) atoms. The van der Waals surface area contributed by atoms with Gasteiger partial charge in [0.25, 0.3) is 11.8 Å². The second-order valence-electron chi connectivity index (χ2n) is 6.84. The van der Waals surface area contributed by atoms with Crippen LogP contribution in [0.25, 0.3) is 0 Å². The zero-order valence-corrected chi connectivity index (χ0v) is 15.9. The van der Waals surface area contributed by atoms with E-state index in [1.54, 1.807) is 22.9 Å². The molecular weight excluding hydrogens is 372 g/mol. The number of pyridine rings is 1. The predicted molar refractivity (Wildman–Crippen MR) is 96.9 cm³/mol. The molecule has 0 bridgehead atoms. The molecule has 3 rings (SSSR count). The molecule has 1 aromatic heterocycles. The van der Waals surface area contributed by atoms with E-state index in [9.17, 15) is 22.8 Å². The van der Waals surface area contributed by atoms with Gasteiger partial charge in [-0.3, -0.25) is 19.4 Å². The van der Waals surface area contributed by atoms with Gasteiger partial charge in [-0.05, 0) is 18.6 Å². The monoisotopic (exact) mass is 394 g/mol. The molecule has 3 heterocycles. The summed E-state index contributed by atoms with van der Waals surface area (Å²) in [5.74, 6) is -0.594. The Morgan fingerprint density at radius 2 is 1.96 bits per heavy atom. The van der Waals surface area contributed by atoms with Gasteiger partial charge in [0.05, 0.1) is 11.5 Å². The maximum atomic E-state index is 12.7. The van der Waals surface area contributed by atoms with Gasteiger partial charge in [0.1, 0.15) is 5.69 Å². The smallest absolute Gasteiger partial charge is 0.272 e. The zero-order valence-electron chi connectivity index (χ0n) is 15.1. The van der Waals surface area contributed by atoms with Gasteiger partial charge < -0.3 is 14.7 Å². The Morgan fingerprint density at radius 3 is 2.56 bits per heavy atom. The van der Waals surface area contributed by atoms with Gasteiger partial charge >= 0.3 is 0 Å². The molecule has 9 nitrogen and oxygen atoms in total. The number of hydrogen-bond donors (Lipinski definition) is 0. The fourth-order valence-corrected chi connectivity index (χ4v) is 5.10. The summed E-state index contributed by atoms with van der Waals surface area (Å²) in [6.07, 6.45) is 2.58. The first-order chi connectivity index (χ1) is 12.8. The average Bonchev–Trinajstić information content (AvgIpc) is 3.06. The zero-order chi connectivity index (χ0) is 19.6. The van der Waals surface area contributed by atoms with Crippen LogP contribution in [0, 0.1) is 0 Å². The topological polar surface area (TPSA) is 108 Å². The van der Waals surface area contributed by atoms with E-state index in [2.05, 4.69) is 4.98 Å². The lowest BCUT2D eigenvalue weighted by molar-refractivity contribution is -0.119. The Kier molecular flexibility index (Phi) is 5.45. The van der Waals surface area contributed by atoms with Gasteiger partial charge in [-0.1, -0.05) is 0 Å². The number of carbonyl (C=O) groups is 3. The van der Waals surface area contributed by atoms with Gasteiger partial charge in [0.15, 0.2) is 9.84 Å². The lowest BCUT2D eigenvalue weighted by atomic mass is 10.1. The second-order valence-corrected chi connectivity index (χ2v) is 9.06. The van der Waals surface area contributed by atoms with Crippen molar-refractivity contribution in [2.24, 2.45) is 0 Å². The molecule has 3 amide bonds. The molecule has 2 aliphatic heterocycles. The Morgan fingerprint density at radius 1 is 1.26 bits per heavy atom. The van der Waals surface area contributed by atoms with Gasteiger partial charge in [-0.15, -0.1) is 0 Å². The first-order valence-corrected chi connectivity index (χ1v) is 10.5. The van der Waals surface area contributed by atoms with Crippen molar-refractivity contribution >= 4 is 28.1 Å². The van der Waals surface area contributed by atoms with Crippen molar-refractivity contribution in [1.82, 2.24) is 19.7 Å². The summed E-state index contributed by atoms with van der Waals surface area (Å²) < 4.78 is 23.3. The summed E-state index contributed by atoms with van der Waals surface area (Å²) in [5.41, 5.74) is 0.458. The van der Waals surface area contributed by atoms with Crippen LogP contribution in [0.4, 0.5) is 0 Å². The standard InChI is InChI=1S/C17H22N4O5S/c1-19(14-3-9-27(25,26)11-14)17(24)15-10-13(2-4-18-15)16(23)21-7-5-20(12-22)6-8-21/h2,4,10,12,14H,3,5-9,11H2,1H3. The van der Waals surface area contributed by atoms with Crippen LogP contribution in [0.3, 0.4) is 0 Å². The Bertz CT molecular complexity index is 849. The van der Waals surface area contributed by atoms with Crippen molar-refractivity contribution in [3.05, 3.63) is 29.6 Å². The van der Waals surface area contributed by atoms with Crippen LogP contribution < -0.4 is 0 Å². The summed E-state index contributed by atoms with van der Waals surface area (Å²) in [6, 6.07) is 2.61. The SMILES string of the molecule is CN(C(=O)c1cc(C(=O)N2CCN(C=O)CC2)ccn1)C1CCS(=O)(=O)C1. The third-order valence-corrected chi connectivity index (χ3v) is 6.80. The van der Waals surface area contributed by atoms with E-state index in [0.29, 0.717) is 38.2 Å². The summed E-state index contributed by atoms with van der Waals surface area (Å²) in [5, 5.41) is 0. The molecule has 2 aliphatic rings. The summed E-state index contributed by atoms with van der Waals surface area (Å²) >= 11 is 0. The molecule has 146 valence electrons. The number of amides is 3. The Hall–Kier alpha value is -2.49. The summed E-state index contributed by atoms with van der Waals surface area (Å²) in [7, 11) is -1.54. The van der Waals surface area contributed by atoms with Crippen LogP contribution in [0.1, 0.15) is 27.3 Å². The summed E-state index contributed by atoms with van der Waals surface area (Å²) in [4.78, 5) is 44.8. The van der Waals surface area contributed by atoms with Crippen molar-refractivity contribution < 1.29 is 22.8 Å². The number of rotatable bonds is 4. The van der Waals surface area contributed by atoms with E-state index < -0.39 is 15.7 Å². The summed E-state index contributed by atoms with van der Waals surface area (Å²) in [6.45, 7) is 1.82. The van der Waals surface area contributed by atoms with Crippen LogP contribution in [0.5, 0.6) is 0 Å². The predicted octanol–water partition coefficient (Wildman–Crippen LogP) is -0.745. The quantitative estimate of drug-likeness (QED) is 0.622. The number of piperazine rings is 1. The highest BCUT2D eigenvalue weighted by molar-refractivity contribution is 7.91. The van der Waals surface area contributed by atoms with Crippen molar-refractivity contribution in [1.29, 1.82) is 0 Å². The molecule has 0 radical (unpaired) electrons. The molecule has 10 heteroatoms. The number of aromatic nitrogens is 1. The van der Waals surface area contributed by atoms with Crippen LogP contribution in [-0.2, 0) is 14.6 Å². The third-order valence-electron chi connectivity index (χ3n) is 5.05. The fourth-order valence-electron chi connectivity index (χ4n) is 3.32. The molecule has 0 spiro atoms. The maximum absolute atomic E-state index is 12.7. The van der Waals surface area contributed by atoms with E-state index in [-0.39, 0.29) is 29.1 Å². The van der Waals surface area contributed by atoms with Crippen LogP contribution in [0.2, 0.25) is 0 Å². The van der Waals surface area contributed by atoms with E-state index in [1.807, 2.05) is 0 Å². The lowest BCUT2D eigenvalue weighted by Crippen LogP contribution is -2.48. The largest absolute Gasteiger partial charge is 0.342 e. The minimum atomic E-state index is -3.10. The Balaban J connectivity index is 1.70. The Labute approximate surface area is 157 Å². The van der Waals surface area contributed by atoms with Gasteiger partial charge in [0, 0.05) is 51.0 Å². The molecule has 1 aromatic rings. The average molecular weight is 394 g/mol. The van der Waals surface area contributed by atoms with Gasteiger partial charge in [-0.25, -0.2) is 8.42 Å². The molecule has 0 N–H and O–H groups in total. The van der Waals surface area contributed by atoms with Crippen molar-refractivity contribution in [2.75, 3.05) is 44.7 Å². The number of hydrogen-bond acceptors (Lipinski definition) is 6. The molecule has 2 fully saturated rings. The van der Waals surface area contributed by atoms with Gasteiger partial charge in [-0.2, -0.15) is 0 Å².